The lowest BCUT2D eigenvalue weighted by atomic mass is 10.1. The molecule has 0 aromatic heterocycles. The van der Waals surface area contributed by atoms with Crippen LogP contribution in [0.5, 0.6) is 0 Å². The van der Waals surface area contributed by atoms with Gasteiger partial charge in [0.2, 0.25) is 0 Å². The minimum absolute atomic E-state index is 0.0622. The van der Waals surface area contributed by atoms with Gasteiger partial charge >= 0.3 is 6.09 Å². The van der Waals surface area contributed by atoms with Crippen molar-refractivity contribution >= 4 is 17.9 Å². The zero-order valence-corrected chi connectivity index (χ0v) is 15.1. The van der Waals surface area contributed by atoms with Crippen molar-refractivity contribution in [1.29, 1.82) is 0 Å². The van der Waals surface area contributed by atoms with E-state index >= 15 is 0 Å². The monoisotopic (exact) mass is 334 g/mol. The molecule has 1 aromatic rings. The average molecular weight is 334 g/mol. The largest absolute Gasteiger partial charge is 0.444 e. The number of benzene rings is 1. The molecule has 2 aliphatic rings. The molecule has 2 heterocycles. The third kappa shape index (κ3) is 3.83. The van der Waals surface area contributed by atoms with Gasteiger partial charge in [0.1, 0.15) is 5.60 Å². The summed E-state index contributed by atoms with van der Waals surface area (Å²) in [7, 11) is 0. The fourth-order valence-corrected chi connectivity index (χ4v) is 4.80. The van der Waals surface area contributed by atoms with E-state index < -0.39 is 5.60 Å². The van der Waals surface area contributed by atoms with E-state index in [0.29, 0.717) is 0 Å². The summed E-state index contributed by atoms with van der Waals surface area (Å²) < 4.78 is 5.54. The smallest absolute Gasteiger partial charge is 0.410 e. The number of thioether (sulfide) groups is 1. The topological polar surface area (TPSA) is 32.8 Å². The molecule has 1 aromatic carbocycles. The highest BCUT2D eigenvalue weighted by molar-refractivity contribution is 8.00. The summed E-state index contributed by atoms with van der Waals surface area (Å²) >= 11 is 2.00. The molecule has 126 valence electrons. The predicted octanol–water partition coefficient (Wildman–Crippen LogP) is 3.57. The van der Waals surface area contributed by atoms with Crippen LogP contribution in [0.15, 0.2) is 30.3 Å². The summed E-state index contributed by atoms with van der Waals surface area (Å²) in [6.07, 6.45) is 0.838. The SMILES string of the molecule is CC(C)(C)OC(=O)N1CCC2(C1)SCCN2Cc1ccccc1. The van der Waals surface area contributed by atoms with E-state index in [9.17, 15) is 4.79 Å². The van der Waals surface area contributed by atoms with Crippen molar-refractivity contribution in [2.24, 2.45) is 0 Å². The Morgan fingerprint density at radius 2 is 2.00 bits per heavy atom. The summed E-state index contributed by atoms with van der Waals surface area (Å²) in [5.41, 5.74) is 0.907. The Bertz CT molecular complexity index is 558. The number of carbonyl (C=O) groups is 1. The molecule has 2 saturated heterocycles. The van der Waals surface area contributed by atoms with E-state index in [-0.39, 0.29) is 11.0 Å². The Morgan fingerprint density at radius 1 is 1.26 bits per heavy atom. The normalized spacial score (nSPS) is 25.3. The fraction of sp³-hybridized carbons (Fsp3) is 0.611. The van der Waals surface area contributed by atoms with Crippen LogP contribution in [-0.4, -0.2) is 51.8 Å². The molecule has 2 aliphatic heterocycles. The van der Waals surface area contributed by atoms with Crippen LogP contribution in [0.25, 0.3) is 0 Å². The van der Waals surface area contributed by atoms with Gasteiger partial charge in [-0.3, -0.25) is 4.90 Å². The van der Waals surface area contributed by atoms with Crippen molar-refractivity contribution in [3.8, 4) is 0 Å². The average Bonchev–Trinajstić information content (AvgIpc) is 3.07. The predicted molar refractivity (Wildman–Crippen MR) is 94.5 cm³/mol. The molecular weight excluding hydrogens is 308 g/mol. The summed E-state index contributed by atoms with van der Waals surface area (Å²) in [4.78, 5) is 16.8. The van der Waals surface area contributed by atoms with Gasteiger partial charge < -0.3 is 9.64 Å². The maximum absolute atomic E-state index is 12.3. The highest BCUT2D eigenvalue weighted by atomic mass is 32.2. The van der Waals surface area contributed by atoms with Crippen LogP contribution in [0, 0.1) is 0 Å². The van der Waals surface area contributed by atoms with Gasteiger partial charge in [-0.25, -0.2) is 4.79 Å². The minimum Gasteiger partial charge on any atom is -0.444 e. The van der Waals surface area contributed by atoms with Crippen molar-refractivity contribution in [2.45, 2.75) is 44.2 Å². The van der Waals surface area contributed by atoms with Gasteiger partial charge in [0.05, 0.1) is 11.4 Å². The summed E-state index contributed by atoms with van der Waals surface area (Å²) in [6.45, 7) is 9.35. The van der Waals surface area contributed by atoms with Crippen molar-refractivity contribution in [1.82, 2.24) is 9.80 Å². The van der Waals surface area contributed by atoms with Crippen LogP contribution >= 0.6 is 11.8 Å². The van der Waals surface area contributed by atoms with Crippen LogP contribution < -0.4 is 0 Å². The molecule has 0 N–H and O–H groups in total. The molecule has 0 saturated carbocycles. The number of ether oxygens (including phenoxy) is 1. The first-order chi connectivity index (χ1) is 10.9. The van der Waals surface area contributed by atoms with Crippen LogP contribution in [0.1, 0.15) is 32.8 Å². The van der Waals surface area contributed by atoms with Gasteiger partial charge in [0.15, 0.2) is 0 Å². The molecule has 1 spiro atoms. The van der Waals surface area contributed by atoms with Gasteiger partial charge in [-0.15, -0.1) is 11.8 Å². The van der Waals surface area contributed by atoms with E-state index in [1.165, 1.54) is 5.56 Å². The van der Waals surface area contributed by atoms with Crippen molar-refractivity contribution in [2.75, 3.05) is 25.4 Å². The lowest BCUT2D eigenvalue weighted by molar-refractivity contribution is 0.0275. The number of rotatable bonds is 2. The molecule has 0 bridgehead atoms. The lowest BCUT2D eigenvalue weighted by Crippen LogP contribution is -2.45. The standard InChI is InChI=1S/C18H26N2O2S/c1-17(2,3)22-16(21)19-10-9-18(14-19)20(11-12-23-18)13-15-7-5-4-6-8-15/h4-8H,9-14H2,1-3H3. The molecule has 5 heteroatoms. The third-order valence-corrected chi connectivity index (χ3v) is 5.90. The van der Waals surface area contributed by atoms with Crippen LogP contribution in [0.4, 0.5) is 4.79 Å². The second kappa shape index (κ2) is 6.36. The molecule has 3 rings (SSSR count). The first-order valence-corrected chi connectivity index (χ1v) is 9.27. The molecule has 0 radical (unpaired) electrons. The van der Waals surface area contributed by atoms with Gasteiger partial charge in [0.25, 0.3) is 0 Å². The van der Waals surface area contributed by atoms with E-state index in [1.54, 1.807) is 0 Å². The summed E-state index contributed by atoms with van der Waals surface area (Å²) in [5, 5.41) is 0. The van der Waals surface area contributed by atoms with Gasteiger partial charge in [-0.05, 0) is 32.8 Å². The third-order valence-electron chi connectivity index (χ3n) is 4.39. The van der Waals surface area contributed by atoms with E-state index in [0.717, 1.165) is 38.4 Å². The Morgan fingerprint density at radius 3 is 2.70 bits per heavy atom. The van der Waals surface area contributed by atoms with E-state index in [2.05, 4.69) is 35.2 Å². The van der Waals surface area contributed by atoms with Crippen molar-refractivity contribution in [3.05, 3.63) is 35.9 Å². The molecular formula is C18H26N2O2S. The van der Waals surface area contributed by atoms with Crippen LogP contribution in [0.3, 0.4) is 0 Å². The number of hydrogen-bond donors (Lipinski definition) is 0. The Balaban J connectivity index is 1.66. The number of likely N-dealkylation sites (tertiary alicyclic amines) is 1. The van der Waals surface area contributed by atoms with Gasteiger partial charge in [0, 0.05) is 25.4 Å². The van der Waals surface area contributed by atoms with E-state index in [4.69, 9.17) is 4.74 Å². The van der Waals surface area contributed by atoms with Crippen LogP contribution in [-0.2, 0) is 11.3 Å². The van der Waals surface area contributed by atoms with Crippen LogP contribution in [0.2, 0.25) is 0 Å². The lowest BCUT2D eigenvalue weighted by Gasteiger charge is -2.34. The fourth-order valence-electron chi connectivity index (χ4n) is 3.29. The molecule has 1 atom stereocenters. The second-order valence-electron chi connectivity index (χ2n) is 7.35. The molecule has 23 heavy (non-hydrogen) atoms. The first kappa shape index (κ1) is 16.7. The number of carbonyl (C=O) groups excluding carboxylic acids is 1. The number of hydrogen-bond acceptors (Lipinski definition) is 4. The molecule has 2 fully saturated rings. The Hall–Kier alpha value is -1.20. The first-order valence-electron chi connectivity index (χ1n) is 8.29. The molecule has 4 nitrogen and oxygen atoms in total. The number of nitrogens with zero attached hydrogens (tertiary/aromatic N) is 2. The van der Waals surface area contributed by atoms with Gasteiger partial charge in [-0.2, -0.15) is 0 Å². The van der Waals surface area contributed by atoms with Crippen molar-refractivity contribution in [3.63, 3.8) is 0 Å². The van der Waals surface area contributed by atoms with Gasteiger partial charge in [-0.1, -0.05) is 30.3 Å². The zero-order chi connectivity index (χ0) is 16.5. The molecule has 1 unspecified atom stereocenters. The maximum atomic E-state index is 12.3. The zero-order valence-electron chi connectivity index (χ0n) is 14.2. The summed E-state index contributed by atoms with van der Waals surface area (Å²) in [6, 6.07) is 10.6. The Kier molecular flexibility index (Phi) is 4.61. The highest BCUT2D eigenvalue weighted by Gasteiger charge is 2.48. The minimum atomic E-state index is -0.431. The maximum Gasteiger partial charge on any atom is 0.410 e. The quantitative estimate of drug-likeness (QED) is 0.828. The number of amides is 1. The highest BCUT2D eigenvalue weighted by Crippen LogP contribution is 2.44. The molecule has 1 amide bonds. The van der Waals surface area contributed by atoms with E-state index in [1.807, 2.05) is 37.4 Å². The molecule has 0 aliphatic carbocycles. The Labute approximate surface area is 143 Å². The van der Waals surface area contributed by atoms with Crippen molar-refractivity contribution < 1.29 is 9.53 Å². The second-order valence-corrected chi connectivity index (χ2v) is 8.81. The summed E-state index contributed by atoms with van der Waals surface area (Å²) in [5.74, 6) is 1.13.